The Hall–Kier alpha value is -1.96. The van der Waals surface area contributed by atoms with Crippen LogP contribution in [0.2, 0.25) is 0 Å². The van der Waals surface area contributed by atoms with Crippen molar-refractivity contribution < 1.29 is 9.72 Å². The van der Waals surface area contributed by atoms with Crippen LogP contribution in [0.15, 0.2) is 6.20 Å². The standard InChI is InChI=1S/C7H11N5O3/c1-11-4-5(12(14)15)6(10-11)7(13)9-3-2-8/h4H,2-3,8H2,1H3,(H,9,13). The van der Waals surface area contributed by atoms with Crippen LogP contribution in [0.1, 0.15) is 10.5 Å². The zero-order valence-corrected chi connectivity index (χ0v) is 8.14. The predicted octanol–water partition coefficient (Wildman–Crippen LogP) is -0.983. The zero-order chi connectivity index (χ0) is 11.4. The molecule has 1 aromatic rings. The largest absolute Gasteiger partial charge is 0.349 e. The van der Waals surface area contributed by atoms with Crippen molar-refractivity contribution in [3.05, 3.63) is 22.0 Å². The van der Waals surface area contributed by atoms with Crippen LogP contribution in [0.25, 0.3) is 0 Å². The number of hydrogen-bond donors (Lipinski definition) is 2. The van der Waals surface area contributed by atoms with Gasteiger partial charge in [-0.2, -0.15) is 5.10 Å². The lowest BCUT2D eigenvalue weighted by Crippen LogP contribution is -2.29. The molecular formula is C7H11N5O3. The lowest BCUT2D eigenvalue weighted by molar-refractivity contribution is -0.385. The SMILES string of the molecule is Cn1cc([N+](=O)[O-])c(C(=O)NCCN)n1. The van der Waals surface area contributed by atoms with Crippen molar-refractivity contribution in [3.63, 3.8) is 0 Å². The highest BCUT2D eigenvalue weighted by Crippen LogP contribution is 2.15. The molecule has 0 fully saturated rings. The molecule has 0 aliphatic rings. The molecule has 0 saturated heterocycles. The molecule has 0 aromatic carbocycles. The Morgan fingerprint density at radius 2 is 2.47 bits per heavy atom. The minimum atomic E-state index is -0.648. The van der Waals surface area contributed by atoms with Gasteiger partial charge in [-0.25, -0.2) is 0 Å². The van der Waals surface area contributed by atoms with Gasteiger partial charge in [-0.15, -0.1) is 0 Å². The fourth-order valence-electron chi connectivity index (χ4n) is 1.04. The van der Waals surface area contributed by atoms with Crippen molar-refractivity contribution in [1.29, 1.82) is 0 Å². The maximum atomic E-state index is 11.4. The number of hydrogen-bond acceptors (Lipinski definition) is 5. The summed E-state index contributed by atoms with van der Waals surface area (Å²) in [6.07, 6.45) is 1.18. The molecule has 1 aromatic heterocycles. The average Bonchev–Trinajstić information content (AvgIpc) is 2.57. The van der Waals surface area contributed by atoms with E-state index in [2.05, 4.69) is 10.4 Å². The first kappa shape index (κ1) is 11.1. The third kappa shape index (κ3) is 2.50. The molecule has 0 unspecified atom stereocenters. The van der Waals surface area contributed by atoms with Crippen LogP contribution in [0.4, 0.5) is 5.69 Å². The number of nitrogens with one attached hydrogen (secondary N) is 1. The van der Waals surface area contributed by atoms with E-state index in [4.69, 9.17) is 5.73 Å². The molecule has 82 valence electrons. The molecular weight excluding hydrogens is 202 g/mol. The second-order valence-corrected chi connectivity index (χ2v) is 2.84. The van der Waals surface area contributed by atoms with Gasteiger partial charge < -0.3 is 11.1 Å². The maximum Gasteiger partial charge on any atom is 0.320 e. The van der Waals surface area contributed by atoms with Gasteiger partial charge in [-0.3, -0.25) is 19.6 Å². The van der Waals surface area contributed by atoms with Crippen molar-refractivity contribution in [3.8, 4) is 0 Å². The molecule has 0 spiro atoms. The van der Waals surface area contributed by atoms with Gasteiger partial charge in [0.1, 0.15) is 6.20 Å². The van der Waals surface area contributed by atoms with Gasteiger partial charge >= 0.3 is 5.69 Å². The van der Waals surface area contributed by atoms with Crippen molar-refractivity contribution in [2.45, 2.75) is 0 Å². The van der Waals surface area contributed by atoms with Gasteiger partial charge in [-0.1, -0.05) is 0 Å². The summed E-state index contributed by atoms with van der Waals surface area (Å²) in [6, 6.07) is 0. The van der Waals surface area contributed by atoms with E-state index in [0.717, 1.165) is 0 Å². The quantitative estimate of drug-likeness (QED) is 0.492. The second-order valence-electron chi connectivity index (χ2n) is 2.84. The lowest BCUT2D eigenvalue weighted by Gasteiger charge is -1.98. The Bertz CT molecular complexity index is 386. The normalized spacial score (nSPS) is 10.0. The highest BCUT2D eigenvalue weighted by Gasteiger charge is 2.24. The fourth-order valence-corrected chi connectivity index (χ4v) is 1.04. The first-order chi connectivity index (χ1) is 7.06. The van der Waals surface area contributed by atoms with E-state index in [9.17, 15) is 14.9 Å². The van der Waals surface area contributed by atoms with Crippen molar-refractivity contribution in [2.24, 2.45) is 12.8 Å². The van der Waals surface area contributed by atoms with Gasteiger partial charge in [0, 0.05) is 20.1 Å². The lowest BCUT2D eigenvalue weighted by atomic mass is 10.3. The molecule has 8 nitrogen and oxygen atoms in total. The smallest absolute Gasteiger partial charge is 0.320 e. The van der Waals surface area contributed by atoms with E-state index >= 15 is 0 Å². The van der Waals surface area contributed by atoms with Gasteiger partial charge in [0.25, 0.3) is 5.91 Å². The molecule has 3 N–H and O–H groups in total. The van der Waals surface area contributed by atoms with Crippen LogP contribution in [0.5, 0.6) is 0 Å². The Morgan fingerprint density at radius 1 is 1.80 bits per heavy atom. The van der Waals surface area contributed by atoms with Crippen LogP contribution in [-0.2, 0) is 7.05 Å². The summed E-state index contributed by atoms with van der Waals surface area (Å²) in [5, 5.41) is 16.7. The monoisotopic (exact) mass is 213 g/mol. The molecule has 15 heavy (non-hydrogen) atoms. The van der Waals surface area contributed by atoms with Crippen molar-refractivity contribution in [2.75, 3.05) is 13.1 Å². The van der Waals surface area contributed by atoms with Crippen LogP contribution < -0.4 is 11.1 Å². The summed E-state index contributed by atoms with van der Waals surface area (Å²) < 4.78 is 1.22. The van der Waals surface area contributed by atoms with E-state index < -0.39 is 10.8 Å². The summed E-state index contributed by atoms with van der Waals surface area (Å²) in [4.78, 5) is 21.3. The van der Waals surface area contributed by atoms with Crippen LogP contribution in [0, 0.1) is 10.1 Å². The van der Waals surface area contributed by atoms with Gasteiger partial charge in [0.15, 0.2) is 0 Å². The average molecular weight is 213 g/mol. The topological polar surface area (TPSA) is 116 Å². The van der Waals surface area contributed by atoms with Crippen LogP contribution in [0.3, 0.4) is 0 Å². The molecule has 0 radical (unpaired) electrons. The van der Waals surface area contributed by atoms with Crippen molar-refractivity contribution in [1.82, 2.24) is 15.1 Å². The first-order valence-electron chi connectivity index (χ1n) is 4.22. The van der Waals surface area contributed by atoms with Crippen LogP contribution >= 0.6 is 0 Å². The Morgan fingerprint density at radius 3 is 3.00 bits per heavy atom. The van der Waals surface area contributed by atoms with Gasteiger partial charge in [0.05, 0.1) is 4.92 Å². The number of nitrogens with two attached hydrogens (primary N) is 1. The summed E-state index contributed by atoms with van der Waals surface area (Å²) >= 11 is 0. The number of carbonyl (C=O) groups excluding carboxylic acids is 1. The summed E-state index contributed by atoms with van der Waals surface area (Å²) in [5.41, 5.74) is 4.67. The summed E-state index contributed by atoms with van der Waals surface area (Å²) in [7, 11) is 1.51. The van der Waals surface area contributed by atoms with Crippen molar-refractivity contribution >= 4 is 11.6 Å². The third-order valence-corrected chi connectivity index (χ3v) is 1.65. The highest BCUT2D eigenvalue weighted by atomic mass is 16.6. The van der Waals surface area contributed by atoms with E-state index in [-0.39, 0.29) is 24.5 Å². The molecule has 0 bridgehead atoms. The molecule has 0 aliphatic carbocycles. The number of carbonyl (C=O) groups is 1. The minimum Gasteiger partial charge on any atom is -0.349 e. The molecule has 1 rings (SSSR count). The van der Waals surface area contributed by atoms with Gasteiger partial charge in [-0.05, 0) is 0 Å². The third-order valence-electron chi connectivity index (χ3n) is 1.65. The molecule has 1 amide bonds. The highest BCUT2D eigenvalue weighted by molar-refractivity contribution is 5.95. The Labute approximate surface area is 85.2 Å². The predicted molar refractivity (Wildman–Crippen MR) is 51.3 cm³/mol. The zero-order valence-electron chi connectivity index (χ0n) is 8.14. The number of aromatic nitrogens is 2. The van der Waals surface area contributed by atoms with E-state index in [1.54, 1.807) is 0 Å². The number of aryl methyl sites for hydroxylation is 1. The van der Waals surface area contributed by atoms with E-state index in [1.807, 2.05) is 0 Å². The molecule has 8 heteroatoms. The molecule has 1 heterocycles. The molecule has 0 saturated carbocycles. The second kappa shape index (κ2) is 4.51. The molecule has 0 atom stereocenters. The van der Waals surface area contributed by atoms with E-state index in [1.165, 1.54) is 17.9 Å². The fraction of sp³-hybridized carbons (Fsp3) is 0.429. The maximum absolute atomic E-state index is 11.4. The van der Waals surface area contributed by atoms with Crippen LogP contribution in [-0.4, -0.2) is 33.7 Å². The number of amides is 1. The summed E-state index contributed by atoms with van der Waals surface area (Å²) in [5.74, 6) is -0.590. The van der Waals surface area contributed by atoms with E-state index in [0.29, 0.717) is 0 Å². The Kier molecular flexibility index (Phi) is 3.34. The molecule has 0 aliphatic heterocycles. The Balaban J connectivity index is 2.92. The minimum absolute atomic E-state index is 0.198. The number of rotatable bonds is 4. The van der Waals surface area contributed by atoms with Gasteiger partial charge in [0.2, 0.25) is 5.69 Å². The number of nitro groups is 1. The first-order valence-corrected chi connectivity index (χ1v) is 4.22. The summed E-state index contributed by atoms with van der Waals surface area (Å²) in [6.45, 7) is 0.527. The number of nitrogens with zero attached hydrogens (tertiary/aromatic N) is 3.